The van der Waals surface area contributed by atoms with Gasteiger partial charge in [0, 0.05) is 0 Å². The van der Waals surface area contributed by atoms with Crippen LogP contribution >= 0.6 is 11.6 Å². The summed E-state index contributed by atoms with van der Waals surface area (Å²) in [5.74, 6) is 2.06. The molecule has 0 bridgehead atoms. The Bertz CT molecular complexity index is 696. The molecule has 1 heterocycles. The van der Waals surface area contributed by atoms with Gasteiger partial charge in [-0.15, -0.1) is 6.42 Å². The van der Waals surface area contributed by atoms with Crippen LogP contribution in [0, 0.1) is 26.2 Å². The molecule has 0 spiro atoms. The molecule has 0 atom stereocenters. The number of aryl methyl sites for hydroxylation is 2. The Hall–Kier alpha value is -2.25. The van der Waals surface area contributed by atoms with Gasteiger partial charge < -0.3 is 5.32 Å². The van der Waals surface area contributed by atoms with E-state index < -0.39 is 0 Å². The lowest BCUT2D eigenvalue weighted by Crippen LogP contribution is -2.24. The minimum atomic E-state index is -0.300. The van der Waals surface area contributed by atoms with Gasteiger partial charge in [0.15, 0.2) is 0 Å². The fraction of sp³-hybridized carbons (Fsp3) is 0.250. The second kappa shape index (κ2) is 6.47. The normalized spacial score (nSPS) is 10.2. The quantitative estimate of drug-likeness (QED) is 0.882. The van der Waals surface area contributed by atoms with E-state index in [9.17, 15) is 4.79 Å². The number of nitrogens with one attached hydrogen (secondary N) is 1. The van der Waals surface area contributed by atoms with Gasteiger partial charge in [-0.1, -0.05) is 47.4 Å². The fourth-order valence-electron chi connectivity index (χ4n) is 2.00. The number of halogens is 1. The first-order valence-corrected chi connectivity index (χ1v) is 6.91. The lowest BCUT2D eigenvalue weighted by molar-refractivity contribution is 0.0958. The summed E-state index contributed by atoms with van der Waals surface area (Å²) in [6.45, 7) is 4.46. The van der Waals surface area contributed by atoms with Crippen molar-refractivity contribution >= 4 is 17.5 Å². The average Bonchev–Trinajstić information content (AvgIpc) is 2.73. The van der Waals surface area contributed by atoms with Crippen LogP contribution in [0.4, 0.5) is 0 Å². The van der Waals surface area contributed by atoms with Crippen LogP contribution in [0.3, 0.4) is 0 Å². The molecule has 1 aromatic heterocycles. The first-order chi connectivity index (χ1) is 10.0. The van der Waals surface area contributed by atoms with Gasteiger partial charge in [-0.25, -0.2) is 4.68 Å². The Balaban J connectivity index is 2.24. The molecule has 1 amide bonds. The third kappa shape index (κ3) is 3.45. The molecule has 0 fully saturated rings. The summed E-state index contributed by atoms with van der Waals surface area (Å²) in [6, 6.07) is 8.09. The van der Waals surface area contributed by atoms with Crippen molar-refractivity contribution in [2.75, 3.05) is 6.54 Å². The maximum atomic E-state index is 12.0. The molecule has 1 aromatic carbocycles. The van der Waals surface area contributed by atoms with Crippen LogP contribution in [0.2, 0.25) is 5.15 Å². The molecular formula is C16H16ClN3O. The highest BCUT2D eigenvalue weighted by Crippen LogP contribution is 2.21. The van der Waals surface area contributed by atoms with Crippen LogP contribution in [-0.2, 0) is 6.54 Å². The van der Waals surface area contributed by atoms with Gasteiger partial charge in [0.1, 0.15) is 5.15 Å². The van der Waals surface area contributed by atoms with Crippen molar-refractivity contribution in [1.29, 1.82) is 0 Å². The maximum absolute atomic E-state index is 12.0. The monoisotopic (exact) mass is 301 g/mol. The number of rotatable bonds is 4. The van der Waals surface area contributed by atoms with E-state index in [2.05, 4.69) is 16.3 Å². The zero-order valence-corrected chi connectivity index (χ0v) is 12.7. The number of hydrogen-bond donors (Lipinski definition) is 1. The highest BCUT2D eigenvalue weighted by atomic mass is 35.5. The van der Waals surface area contributed by atoms with E-state index in [0.29, 0.717) is 23.0 Å². The number of carbonyl (C=O) groups excluding carboxylic acids is 1. The van der Waals surface area contributed by atoms with Gasteiger partial charge in [-0.2, -0.15) is 5.10 Å². The molecule has 0 aliphatic heterocycles. The molecule has 2 aromatic rings. The lowest BCUT2D eigenvalue weighted by atomic mass is 10.1. The van der Waals surface area contributed by atoms with Gasteiger partial charge in [0.05, 0.1) is 24.3 Å². The summed E-state index contributed by atoms with van der Waals surface area (Å²) >= 11 is 6.27. The van der Waals surface area contributed by atoms with E-state index in [1.165, 1.54) is 5.56 Å². The highest BCUT2D eigenvalue weighted by Gasteiger charge is 2.19. The van der Waals surface area contributed by atoms with Crippen LogP contribution in [0.1, 0.15) is 27.2 Å². The molecule has 1 N–H and O–H groups in total. The van der Waals surface area contributed by atoms with E-state index in [-0.39, 0.29) is 12.5 Å². The number of nitrogens with zero attached hydrogens (tertiary/aromatic N) is 2. The Morgan fingerprint density at radius 1 is 1.38 bits per heavy atom. The average molecular weight is 302 g/mol. The van der Waals surface area contributed by atoms with Gasteiger partial charge in [-0.3, -0.25) is 4.79 Å². The smallest absolute Gasteiger partial charge is 0.257 e. The van der Waals surface area contributed by atoms with Crippen molar-refractivity contribution in [3.63, 3.8) is 0 Å². The predicted octanol–water partition coefficient (Wildman–Crippen LogP) is 2.56. The lowest BCUT2D eigenvalue weighted by Gasteiger charge is -2.05. The fourth-order valence-corrected chi connectivity index (χ4v) is 2.32. The molecule has 0 aliphatic carbocycles. The summed E-state index contributed by atoms with van der Waals surface area (Å²) in [5, 5.41) is 7.25. The Morgan fingerprint density at radius 2 is 2.05 bits per heavy atom. The topological polar surface area (TPSA) is 46.9 Å². The Morgan fingerprint density at radius 3 is 2.67 bits per heavy atom. The number of aromatic nitrogens is 2. The third-order valence-corrected chi connectivity index (χ3v) is 3.48. The molecule has 0 saturated heterocycles. The van der Waals surface area contributed by atoms with E-state index in [1.54, 1.807) is 11.6 Å². The SMILES string of the molecule is C#CCNC(=O)c1c(C)nn(Cc2ccc(C)cc2)c1Cl. The molecule has 21 heavy (non-hydrogen) atoms. The van der Waals surface area contributed by atoms with Gasteiger partial charge in [0.25, 0.3) is 5.91 Å². The standard InChI is InChI=1S/C16H16ClN3O/c1-4-9-18-16(21)14-12(3)19-20(15(14)17)10-13-7-5-11(2)6-8-13/h1,5-8H,9-10H2,2-3H3,(H,18,21). The molecule has 5 heteroatoms. The van der Waals surface area contributed by atoms with E-state index in [0.717, 1.165) is 5.56 Å². The summed E-state index contributed by atoms with van der Waals surface area (Å²) in [7, 11) is 0. The maximum Gasteiger partial charge on any atom is 0.257 e. The minimum Gasteiger partial charge on any atom is -0.341 e. The molecular weight excluding hydrogens is 286 g/mol. The van der Waals surface area contributed by atoms with Crippen molar-refractivity contribution in [1.82, 2.24) is 15.1 Å². The number of amides is 1. The predicted molar refractivity (Wildman–Crippen MR) is 83.4 cm³/mol. The summed E-state index contributed by atoms with van der Waals surface area (Å²) in [5.41, 5.74) is 3.22. The van der Waals surface area contributed by atoms with Crippen LogP contribution in [-0.4, -0.2) is 22.2 Å². The summed E-state index contributed by atoms with van der Waals surface area (Å²) in [4.78, 5) is 12.0. The molecule has 0 unspecified atom stereocenters. The molecule has 0 saturated carbocycles. The van der Waals surface area contributed by atoms with Gasteiger partial charge >= 0.3 is 0 Å². The molecule has 0 radical (unpaired) electrons. The molecule has 108 valence electrons. The van der Waals surface area contributed by atoms with Crippen LogP contribution in [0.5, 0.6) is 0 Å². The Labute approximate surface area is 129 Å². The number of benzene rings is 1. The molecule has 2 rings (SSSR count). The minimum absolute atomic E-state index is 0.164. The van der Waals surface area contributed by atoms with Gasteiger partial charge in [0.2, 0.25) is 0 Å². The summed E-state index contributed by atoms with van der Waals surface area (Å²) < 4.78 is 1.62. The van der Waals surface area contributed by atoms with Crippen molar-refractivity contribution in [2.24, 2.45) is 0 Å². The van der Waals surface area contributed by atoms with Crippen molar-refractivity contribution in [3.8, 4) is 12.3 Å². The van der Waals surface area contributed by atoms with Crippen LogP contribution < -0.4 is 5.32 Å². The van der Waals surface area contributed by atoms with Crippen LogP contribution in [0.25, 0.3) is 0 Å². The summed E-state index contributed by atoms with van der Waals surface area (Å²) in [6.07, 6.45) is 5.13. The zero-order valence-electron chi connectivity index (χ0n) is 12.0. The van der Waals surface area contributed by atoms with E-state index >= 15 is 0 Å². The number of hydrogen-bond acceptors (Lipinski definition) is 2. The van der Waals surface area contributed by atoms with Crippen LogP contribution in [0.15, 0.2) is 24.3 Å². The molecule has 0 aliphatic rings. The van der Waals surface area contributed by atoms with E-state index in [4.69, 9.17) is 18.0 Å². The number of terminal acetylenes is 1. The van der Waals surface area contributed by atoms with E-state index in [1.807, 2.05) is 31.2 Å². The van der Waals surface area contributed by atoms with Crippen molar-refractivity contribution in [3.05, 3.63) is 51.8 Å². The second-order valence-corrected chi connectivity index (χ2v) is 5.14. The first kappa shape index (κ1) is 15.1. The highest BCUT2D eigenvalue weighted by molar-refractivity contribution is 6.33. The largest absolute Gasteiger partial charge is 0.341 e. The molecule has 4 nitrogen and oxygen atoms in total. The third-order valence-electron chi connectivity index (χ3n) is 3.10. The second-order valence-electron chi connectivity index (χ2n) is 4.78. The van der Waals surface area contributed by atoms with Crippen molar-refractivity contribution in [2.45, 2.75) is 20.4 Å². The number of carbonyl (C=O) groups is 1. The Kier molecular flexibility index (Phi) is 4.66. The van der Waals surface area contributed by atoms with Gasteiger partial charge in [-0.05, 0) is 19.4 Å². The van der Waals surface area contributed by atoms with Crippen molar-refractivity contribution < 1.29 is 4.79 Å². The first-order valence-electron chi connectivity index (χ1n) is 6.53. The zero-order chi connectivity index (χ0) is 15.4.